The van der Waals surface area contributed by atoms with E-state index in [-0.39, 0.29) is 0 Å². The van der Waals surface area contributed by atoms with Crippen molar-refractivity contribution < 1.29 is 0 Å². The third-order valence-corrected chi connectivity index (χ3v) is 3.59. The van der Waals surface area contributed by atoms with Crippen LogP contribution >= 0.6 is 24.0 Å². The number of H-pyrrole nitrogens is 1. The molecule has 1 N–H and O–H groups in total. The van der Waals surface area contributed by atoms with Crippen LogP contribution in [0.3, 0.4) is 0 Å². The van der Waals surface area contributed by atoms with E-state index in [1.54, 1.807) is 11.3 Å². The fraction of sp³-hybridized carbons (Fsp3) is 0. The number of nitrogens with one attached hydrogen (secondary N) is 1. The molecular weight excluding hydrogens is 224 g/mol. The topological polar surface area (TPSA) is 28.7 Å². The zero-order valence-electron chi connectivity index (χ0n) is 7.77. The summed E-state index contributed by atoms with van der Waals surface area (Å²) < 4.78 is 0. The van der Waals surface area contributed by atoms with Crippen molar-refractivity contribution in [3.8, 4) is 10.6 Å². The summed E-state index contributed by atoms with van der Waals surface area (Å²) in [5, 5.41) is 4.94. The second-order valence-corrected chi connectivity index (χ2v) is 4.58. The van der Waals surface area contributed by atoms with Gasteiger partial charge in [0.05, 0.1) is 0 Å². The molecule has 0 spiro atoms. The Morgan fingerprint density at radius 3 is 2.93 bits per heavy atom. The third kappa shape index (κ3) is 1.46. The standard InChI is InChI=1S/C11H8N2S2/c14-10-6-15-11(13-10)8-5-12-9-4-2-1-3-7(8)9/h1-6,12,14H. The first kappa shape index (κ1) is 9.00. The number of para-hydroxylation sites is 1. The number of thiol groups is 1. The lowest BCUT2D eigenvalue weighted by Gasteiger charge is -1.92. The molecule has 3 rings (SSSR count). The van der Waals surface area contributed by atoms with Crippen molar-refractivity contribution >= 4 is 34.9 Å². The van der Waals surface area contributed by atoms with Crippen LogP contribution in [0.4, 0.5) is 0 Å². The van der Waals surface area contributed by atoms with Crippen molar-refractivity contribution in [3.63, 3.8) is 0 Å². The third-order valence-electron chi connectivity index (χ3n) is 2.31. The second kappa shape index (κ2) is 3.40. The molecule has 2 heterocycles. The summed E-state index contributed by atoms with van der Waals surface area (Å²) in [5.41, 5.74) is 2.29. The highest BCUT2D eigenvalue weighted by molar-refractivity contribution is 7.80. The molecule has 15 heavy (non-hydrogen) atoms. The smallest absolute Gasteiger partial charge is 0.126 e. The molecule has 0 unspecified atom stereocenters. The number of thiazole rings is 1. The molecule has 2 aromatic heterocycles. The number of aromatic nitrogens is 2. The average Bonchev–Trinajstić information content (AvgIpc) is 2.83. The Morgan fingerprint density at radius 2 is 2.13 bits per heavy atom. The predicted molar refractivity (Wildman–Crippen MR) is 66.7 cm³/mol. The van der Waals surface area contributed by atoms with Gasteiger partial charge in [-0.1, -0.05) is 18.2 Å². The minimum absolute atomic E-state index is 0.778. The molecule has 0 aliphatic carbocycles. The van der Waals surface area contributed by atoms with E-state index in [0.717, 1.165) is 21.1 Å². The Labute approximate surface area is 96.4 Å². The van der Waals surface area contributed by atoms with Gasteiger partial charge in [-0.15, -0.1) is 24.0 Å². The van der Waals surface area contributed by atoms with Gasteiger partial charge in [0, 0.05) is 28.0 Å². The van der Waals surface area contributed by atoms with Crippen LogP contribution in [0.15, 0.2) is 40.9 Å². The minimum atomic E-state index is 0.778. The predicted octanol–water partition coefficient (Wildman–Crippen LogP) is 3.58. The molecule has 0 radical (unpaired) electrons. The fourth-order valence-corrected chi connectivity index (χ4v) is 2.68. The van der Waals surface area contributed by atoms with Gasteiger partial charge >= 0.3 is 0 Å². The Kier molecular flexibility index (Phi) is 2.04. The molecule has 0 fully saturated rings. The molecule has 0 aliphatic rings. The van der Waals surface area contributed by atoms with E-state index < -0.39 is 0 Å². The summed E-state index contributed by atoms with van der Waals surface area (Å²) in [6.07, 6.45) is 2.00. The first-order valence-electron chi connectivity index (χ1n) is 4.55. The van der Waals surface area contributed by atoms with Gasteiger partial charge in [-0.05, 0) is 6.07 Å². The highest BCUT2D eigenvalue weighted by Crippen LogP contribution is 2.31. The minimum Gasteiger partial charge on any atom is -0.360 e. The molecule has 1 aromatic carbocycles. The zero-order valence-corrected chi connectivity index (χ0v) is 9.48. The van der Waals surface area contributed by atoms with Gasteiger partial charge in [0.2, 0.25) is 0 Å². The first-order chi connectivity index (χ1) is 7.34. The van der Waals surface area contributed by atoms with E-state index in [0.29, 0.717) is 0 Å². The van der Waals surface area contributed by atoms with Crippen LogP contribution in [0.2, 0.25) is 0 Å². The van der Waals surface area contributed by atoms with Crippen LogP contribution < -0.4 is 0 Å². The second-order valence-electron chi connectivity index (χ2n) is 3.26. The van der Waals surface area contributed by atoms with Gasteiger partial charge in [-0.3, -0.25) is 0 Å². The van der Waals surface area contributed by atoms with Gasteiger partial charge < -0.3 is 4.98 Å². The number of hydrogen-bond acceptors (Lipinski definition) is 3. The highest BCUT2D eigenvalue weighted by Gasteiger charge is 2.08. The Morgan fingerprint density at radius 1 is 1.27 bits per heavy atom. The Hall–Kier alpha value is -1.26. The number of benzene rings is 1. The molecular formula is C11H8N2S2. The van der Waals surface area contributed by atoms with Crippen LogP contribution in [-0.4, -0.2) is 9.97 Å². The largest absolute Gasteiger partial charge is 0.360 e. The van der Waals surface area contributed by atoms with Crippen molar-refractivity contribution in [2.75, 3.05) is 0 Å². The van der Waals surface area contributed by atoms with E-state index in [1.807, 2.05) is 23.7 Å². The van der Waals surface area contributed by atoms with E-state index in [4.69, 9.17) is 0 Å². The number of fused-ring (bicyclic) bond motifs is 1. The quantitative estimate of drug-likeness (QED) is 0.617. The van der Waals surface area contributed by atoms with Gasteiger partial charge in [0.1, 0.15) is 10.0 Å². The highest BCUT2D eigenvalue weighted by atomic mass is 32.1. The molecule has 0 saturated heterocycles. The molecule has 74 valence electrons. The van der Waals surface area contributed by atoms with Gasteiger partial charge in [0.15, 0.2) is 0 Å². The molecule has 3 aromatic rings. The molecule has 0 amide bonds. The average molecular weight is 232 g/mol. The van der Waals surface area contributed by atoms with Crippen LogP contribution in [0.1, 0.15) is 0 Å². The molecule has 0 aliphatic heterocycles. The van der Waals surface area contributed by atoms with Crippen molar-refractivity contribution in [2.24, 2.45) is 0 Å². The summed E-state index contributed by atoms with van der Waals surface area (Å²) in [4.78, 5) is 7.60. The van der Waals surface area contributed by atoms with Gasteiger partial charge in [-0.2, -0.15) is 0 Å². The van der Waals surface area contributed by atoms with Gasteiger partial charge in [0.25, 0.3) is 0 Å². The summed E-state index contributed by atoms with van der Waals surface area (Å²) in [7, 11) is 0. The van der Waals surface area contributed by atoms with Crippen LogP contribution in [0.25, 0.3) is 21.5 Å². The fourth-order valence-electron chi connectivity index (χ4n) is 1.64. The summed E-state index contributed by atoms with van der Waals surface area (Å²) >= 11 is 5.83. The molecule has 0 atom stereocenters. The number of aromatic amines is 1. The number of hydrogen-bond donors (Lipinski definition) is 2. The van der Waals surface area contributed by atoms with E-state index in [9.17, 15) is 0 Å². The maximum atomic E-state index is 4.37. The lowest BCUT2D eigenvalue weighted by Crippen LogP contribution is -1.72. The van der Waals surface area contributed by atoms with Crippen molar-refractivity contribution in [1.82, 2.24) is 9.97 Å². The zero-order chi connectivity index (χ0) is 10.3. The lowest BCUT2D eigenvalue weighted by atomic mass is 10.2. The monoisotopic (exact) mass is 232 g/mol. The normalized spacial score (nSPS) is 11.0. The molecule has 2 nitrogen and oxygen atoms in total. The maximum Gasteiger partial charge on any atom is 0.126 e. The number of nitrogens with zero attached hydrogens (tertiary/aromatic N) is 1. The Balaban J connectivity index is 2.27. The first-order valence-corrected chi connectivity index (χ1v) is 5.88. The van der Waals surface area contributed by atoms with Gasteiger partial charge in [-0.25, -0.2) is 4.98 Å². The van der Waals surface area contributed by atoms with Crippen LogP contribution in [-0.2, 0) is 0 Å². The van der Waals surface area contributed by atoms with Crippen molar-refractivity contribution in [2.45, 2.75) is 5.03 Å². The molecule has 0 saturated carbocycles. The SMILES string of the molecule is Sc1csc(-c2c[nH]c3ccccc23)n1. The Bertz CT molecular complexity index is 610. The summed E-state index contributed by atoms with van der Waals surface area (Å²) in [6, 6.07) is 8.22. The number of rotatable bonds is 1. The molecule has 4 heteroatoms. The van der Waals surface area contributed by atoms with Crippen LogP contribution in [0.5, 0.6) is 0 Å². The van der Waals surface area contributed by atoms with Crippen molar-refractivity contribution in [1.29, 1.82) is 0 Å². The van der Waals surface area contributed by atoms with E-state index >= 15 is 0 Å². The summed E-state index contributed by atoms with van der Waals surface area (Å²) in [6.45, 7) is 0. The van der Waals surface area contributed by atoms with Crippen LogP contribution in [0, 0.1) is 0 Å². The van der Waals surface area contributed by atoms with E-state index in [2.05, 4.69) is 34.7 Å². The molecule has 0 bridgehead atoms. The van der Waals surface area contributed by atoms with E-state index in [1.165, 1.54) is 5.39 Å². The summed E-state index contributed by atoms with van der Waals surface area (Å²) in [5.74, 6) is 0. The van der Waals surface area contributed by atoms with Crippen molar-refractivity contribution in [3.05, 3.63) is 35.8 Å². The maximum absolute atomic E-state index is 4.37. The lowest BCUT2D eigenvalue weighted by molar-refractivity contribution is 1.22.